The van der Waals surface area contributed by atoms with Crippen LogP contribution in [0.15, 0.2) is 67.0 Å². The maximum absolute atomic E-state index is 9.01. The highest BCUT2D eigenvalue weighted by atomic mass is 16.5. The average Bonchev–Trinajstić information content (AvgIpc) is 3.10. The summed E-state index contributed by atoms with van der Waals surface area (Å²) >= 11 is 0. The first kappa shape index (κ1) is 18.0. The van der Waals surface area contributed by atoms with Gasteiger partial charge in [0, 0.05) is 6.20 Å². The van der Waals surface area contributed by atoms with Crippen LogP contribution in [0.2, 0.25) is 0 Å². The van der Waals surface area contributed by atoms with Crippen LogP contribution in [0.3, 0.4) is 0 Å². The van der Waals surface area contributed by atoms with Gasteiger partial charge in [0.15, 0.2) is 0 Å². The molecule has 26 heavy (non-hydrogen) atoms. The third kappa shape index (κ3) is 4.86. The Bertz CT molecular complexity index is 785. The van der Waals surface area contributed by atoms with Gasteiger partial charge >= 0.3 is 0 Å². The molecule has 1 heterocycles. The molecular formula is C21H25N3O2. The van der Waals surface area contributed by atoms with Crippen LogP contribution in [-0.4, -0.2) is 21.5 Å². The van der Waals surface area contributed by atoms with Gasteiger partial charge in [-0.3, -0.25) is 4.68 Å². The average molecular weight is 351 g/mol. The van der Waals surface area contributed by atoms with Gasteiger partial charge in [0.1, 0.15) is 11.5 Å². The molecule has 1 atom stereocenters. The summed E-state index contributed by atoms with van der Waals surface area (Å²) in [5, 5.41) is 16.8. The second kappa shape index (κ2) is 9.06. The number of hydrogen-bond donors (Lipinski definition) is 2. The van der Waals surface area contributed by atoms with Gasteiger partial charge in [0.2, 0.25) is 0 Å². The summed E-state index contributed by atoms with van der Waals surface area (Å²) in [5.74, 6) is 1.66. The van der Waals surface area contributed by atoms with E-state index in [0.717, 1.165) is 30.0 Å². The first-order valence-electron chi connectivity index (χ1n) is 9.01. The Morgan fingerprint density at radius 2 is 1.81 bits per heavy atom. The number of benzene rings is 2. The van der Waals surface area contributed by atoms with E-state index < -0.39 is 0 Å². The fourth-order valence-electron chi connectivity index (χ4n) is 2.87. The van der Waals surface area contributed by atoms with Crippen LogP contribution in [0.25, 0.3) is 0 Å². The SMILES string of the molecule is CCCC(Nc1cnn(CCO)c1)c1ccc(Oc2ccccc2)cc1. The Balaban J connectivity index is 1.68. The van der Waals surface area contributed by atoms with E-state index in [1.165, 1.54) is 5.56 Å². The van der Waals surface area contributed by atoms with E-state index in [1.54, 1.807) is 10.9 Å². The predicted octanol–water partition coefficient (Wildman–Crippen LogP) is 4.62. The van der Waals surface area contributed by atoms with E-state index in [2.05, 4.69) is 29.5 Å². The van der Waals surface area contributed by atoms with E-state index in [1.807, 2.05) is 48.7 Å². The molecule has 0 radical (unpaired) electrons. The Morgan fingerprint density at radius 3 is 2.50 bits per heavy atom. The quantitative estimate of drug-likeness (QED) is 0.590. The number of anilines is 1. The number of para-hydroxylation sites is 1. The zero-order valence-electron chi connectivity index (χ0n) is 15.0. The number of rotatable bonds is 9. The zero-order chi connectivity index (χ0) is 18.2. The van der Waals surface area contributed by atoms with Crippen LogP contribution in [-0.2, 0) is 6.54 Å². The largest absolute Gasteiger partial charge is 0.457 e. The Labute approximate surface area is 154 Å². The van der Waals surface area contributed by atoms with Crippen LogP contribution >= 0.6 is 0 Å². The smallest absolute Gasteiger partial charge is 0.127 e. The lowest BCUT2D eigenvalue weighted by molar-refractivity contribution is 0.269. The number of nitrogens with zero attached hydrogens (tertiary/aromatic N) is 2. The van der Waals surface area contributed by atoms with Crippen molar-refractivity contribution in [3.8, 4) is 11.5 Å². The minimum absolute atomic E-state index is 0.0857. The molecule has 0 amide bonds. The molecule has 0 saturated carbocycles. The van der Waals surface area contributed by atoms with Crippen LogP contribution in [0.1, 0.15) is 31.4 Å². The second-order valence-corrected chi connectivity index (χ2v) is 6.19. The molecule has 0 spiro atoms. The van der Waals surface area contributed by atoms with Gasteiger partial charge in [-0.05, 0) is 36.2 Å². The lowest BCUT2D eigenvalue weighted by Crippen LogP contribution is -2.10. The predicted molar refractivity (Wildman–Crippen MR) is 104 cm³/mol. The van der Waals surface area contributed by atoms with Gasteiger partial charge in [0.25, 0.3) is 0 Å². The molecule has 2 aromatic carbocycles. The van der Waals surface area contributed by atoms with Gasteiger partial charge in [-0.15, -0.1) is 0 Å². The summed E-state index contributed by atoms with van der Waals surface area (Å²) in [6.07, 6.45) is 5.81. The van der Waals surface area contributed by atoms with Crippen molar-refractivity contribution in [2.75, 3.05) is 11.9 Å². The van der Waals surface area contributed by atoms with Crippen molar-refractivity contribution in [1.29, 1.82) is 0 Å². The van der Waals surface area contributed by atoms with Gasteiger partial charge in [-0.2, -0.15) is 5.10 Å². The van der Waals surface area contributed by atoms with Crippen molar-refractivity contribution in [2.24, 2.45) is 0 Å². The van der Waals surface area contributed by atoms with Crippen molar-refractivity contribution < 1.29 is 9.84 Å². The van der Waals surface area contributed by atoms with Crippen LogP contribution in [0, 0.1) is 0 Å². The summed E-state index contributed by atoms with van der Waals surface area (Å²) < 4.78 is 7.60. The first-order chi connectivity index (χ1) is 12.8. The van der Waals surface area contributed by atoms with Crippen molar-refractivity contribution >= 4 is 5.69 Å². The summed E-state index contributed by atoms with van der Waals surface area (Å²) in [6.45, 7) is 2.77. The second-order valence-electron chi connectivity index (χ2n) is 6.19. The Kier molecular flexibility index (Phi) is 6.28. The van der Waals surface area contributed by atoms with E-state index in [4.69, 9.17) is 9.84 Å². The van der Waals surface area contributed by atoms with E-state index in [9.17, 15) is 0 Å². The third-order valence-electron chi connectivity index (χ3n) is 4.14. The third-order valence-corrected chi connectivity index (χ3v) is 4.14. The maximum atomic E-state index is 9.01. The molecule has 5 nitrogen and oxygen atoms in total. The highest BCUT2D eigenvalue weighted by Crippen LogP contribution is 2.27. The molecule has 0 aliphatic rings. The lowest BCUT2D eigenvalue weighted by Gasteiger charge is -2.19. The van der Waals surface area contributed by atoms with Crippen molar-refractivity contribution in [2.45, 2.75) is 32.4 Å². The summed E-state index contributed by atoms with van der Waals surface area (Å²) in [4.78, 5) is 0. The minimum Gasteiger partial charge on any atom is -0.457 e. The number of aromatic nitrogens is 2. The molecule has 0 bridgehead atoms. The van der Waals surface area contributed by atoms with Crippen LogP contribution < -0.4 is 10.1 Å². The van der Waals surface area contributed by atoms with E-state index in [-0.39, 0.29) is 12.6 Å². The van der Waals surface area contributed by atoms with Gasteiger partial charge in [0.05, 0.1) is 31.1 Å². The zero-order valence-corrected chi connectivity index (χ0v) is 15.0. The molecule has 0 saturated heterocycles. The molecule has 0 aliphatic carbocycles. The van der Waals surface area contributed by atoms with Crippen molar-refractivity contribution in [1.82, 2.24) is 9.78 Å². The first-order valence-corrected chi connectivity index (χ1v) is 9.01. The molecule has 1 aromatic heterocycles. The molecule has 0 fully saturated rings. The Morgan fingerprint density at radius 1 is 1.08 bits per heavy atom. The number of aliphatic hydroxyl groups is 1. The molecule has 3 aromatic rings. The van der Waals surface area contributed by atoms with Crippen molar-refractivity contribution in [3.05, 3.63) is 72.6 Å². The van der Waals surface area contributed by atoms with Gasteiger partial charge in [-0.25, -0.2) is 0 Å². The molecular weight excluding hydrogens is 326 g/mol. The monoisotopic (exact) mass is 351 g/mol. The molecule has 5 heteroatoms. The molecule has 0 aliphatic heterocycles. The molecule has 2 N–H and O–H groups in total. The fourth-order valence-corrected chi connectivity index (χ4v) is 2.87. The number of hydrogen-bond acceptors (Lipinski definition) is 4. The molecule has 3 rings (SSSR count). The van der Waals surface area contributed by atoms with Gasteiger partial charge < -0.3 is 15.2 Å². The highest BCUT2D eigenvalue weighted by Gasteiger charge is 2.12. The highest BCUT2D eigenvalue weighted by molar-refractivity contribution is 5.43. The topological polar surface area (TPSA) is 59.3 Å². The minimum atomic E-state index is 0.0857. The standard InChI is InChI=1S/C21H25N3O2/c1-2-6-21(23-18-15-22-24(16-18)13-14-25)17-9-11-20(12-10-17)26-19-7-4-3-5-8-19/h3-5,7-12,15-16,21,23,25H,2,6,13-14H2,1H3. The van der Waals surface area contributed by atoms with Gasteiger partial charge in [-0.1, -0.05) is 43.7 Å². The number of nitrogens with one attached hydrogen (secondary N) is 1. The number of ether oxygens (including phenoxy) is 1. The normalized spacial score (nSPS) is 11.9. The maximum Gasteiger partial charge on any atom is 0.127 e. The van der Waals surface area contributed by atoms with Crippen LogP contribution in [0.4, 0.5) is 5.69 Å². The summed E-state index contributed by atoms with van der Waals surface area (Å²) in [6, 6.07) is 18.2. The number of aliphatic hydroxyl groups excluding tert-OH is 1. The fraction of sp³-hybridized carbons (Fsp3) is 0.286. The Hall–Kier alpha value is -2.79. The lowest BCUT2D eigenvalue weighted by atomic mass is 10.0. The molecule has 136 valence electrons. The summed E-state index contributed by atoms with van der Waals surface area (Å²) in [7, 11) is 0. The van der Waals surface area contributed by atoms with Crippen molar-refractivity contribution in [3.63, 3.8) is 0 Å². The van der Waals surface area contributed by atoms with Crippen LogP contribution in [0.5, 0.6) is 11.5 Å². The summed E-state index contributed by atoms with van der Waals surface area (Å²) in [5.41, 5.74) is 2.17. The molecule has 1 unspecified atom stereocenters. The van der Waals surface area contributed by atoms with E-state index >= 15 is 0 Å². The van der Waals surface area contributed by atoms with E-state index in [0.29, 0.717) is 6.54 Å².